The van der Waals surface area contributed by atoms with Crippen molar-refractivity contribution in [3.05, 3.63) is 38.3 Å². The molecule has 1 N–H and O–H groups in total. The van der Waals surface area contributed by atoms with Gasteiger partial charge in [0.15, 0.2) is 0 Å². The summed E-state index contributed by atoms with van der Waals surface area (Å²) in [4.78, 5) is 0. The molecule has 0 aliphatic rings. The molecule has 0 unspecified atom stereocenters. The Hall–Kier alpha value is 0.110. The van der Waals surface area contributed by atoms with Gasteiger partial charge in [-0.3, -0.25) is 0 Å². The van der Waals surface area contributed by atoms with Crippen molar-refractivity contribution in [1.82, 2.24) is 0 Å². The summed E-state index contributed by atoms with van der Waals surface area (Å²) < 4.78 is 0.820. The number of benzene rings is 1. The van der Waals surface area contributed by atoms with E-state index in [0.29, 0.717) is 16.6 Å². The van der Waals surface area contributed by atoms with Gasteiger partial charge in [-0.05, 0) is 28.1 Å². The van der Waals surface area contributed by atoms with E-state index in [2.05, 4.69) is 21.2 Å². The molecule has 0 atom stereocenters. The summed E-state index contributed by atoms with van der Waals surface area (Å²) >= 11 is 20.4. The van der Waals surface area contributed by atoms with Crippen LogP contribution in [-0.4, -0.2) is 6.54 Å². The Kier molecular flexibility index (Phi) is 5.10. The minimum atomic E-state index is 0.476. The lowest BCUT2D eigenvalue weighted by atomic mass is 10.3. The van der Waals surface area contributed by atoms with Gasteiger partial charge in [0, 0.05) is 10.6 Å². The highest BCUT2D eigenvalue weighted by Crippen LogP contribution is 2.30. The molecule has 0 heterocycles. The first-order chi connectivity index (χ1) is 6.65. The zero-order valence-electron chi connectivity index (χ0n) is 7.03. The number of nitrogens with one attached hydrogen (secondary N) is 1. The fraction of sp³-hybridized carbons (Fsp3) is 0.111. The Balaban J connectivity index is 2.73. The van der Waals surface area contributed by atoms with Crippen LogP contribution in [0.2, 0.25) is 5.02 Å². The van der Waals surface area contributed by atoms with Gasteiger partial charge < -0.3 is 5.32 Å². The van der Waals surface area contributed by atoms with Crippen LogP contribution in [0.25, 0.3) is 0 Å². The summed E-state index contributed by atoms with van der Waals surface area (Å²) in [5, 5.41) is 4.28. The van der Waals surface area contributed by atoms with Gasteiger partial charge in [-0.25, -0.2) is 0 Å². The van der Waals surface area contributed by atoms with E-state index in [-0.39, 0.29) is 0 Å². The lowest BCUT2D eigenvalue weighted by molar-refractivity contribution is 1.30. The highest BCUT2D eigenvalue weighted by Gasteiger charge is 2.02. The van der Waals surface area contributed by atoms with Gasteiger partial charge in [0.1, 0.15) is 0 Å². The van der Waals surface area contributed by atoms with Crippen LogP contribution in [0.1, 0.15) is 0 Å². The molecule has 0 spiro atoms. The van der Waals surface area contributed by atoms with Crippen molar-refractivity contribution in [3.8, 4) is 0 Å². The second-order valence-electron chi connectivity index (χ2n) is 2.51. The van der Waals surface area contributed by atoms with Crippen molar-refractivity contribution in [2.75, 3.05) is 11.9 Å². The molecule has 1 aromatic carbocycles. The number of anilines is 1. The van der Waals surface area contributed by atoms with Crippen molar-refractivity contribution in [2.45, 2.75) is 0 Å². The summed E-state index contributed by atoms with van der Waals surface area (Å²) in [6.45, 7) is 0.476. The van der Waals surface area contributed by atoms with E-state index in [9.17, 15) is 0 Å². The quantitative estimate of drug-likeness (QED) is 0.842. The second-order valence-corrected chi connectivity index (χ2v) is 4.41. The molecule has 0 fully saturated rings. The van der Waals surface area contributed by atoms with Gasteiger partial charge in [0.25, 0.3) is 0 Å². The van der Waals surface area contributed by atoms with Crippen LogP contribution in [0.5, 0.6) is 0 Å². The lowest BCUT2D eigenvalue weighted by Crippen LogP contribution is -2.01. The number of rotatable bonds is 3. The Morgan fingerprint density at radius 1 is 1.50 bits per heavy atom. The molecular formula is C9H7BrCl3N. The molecule has 0 aliphatic heterocycles. The van der Waals surface area contributed by atoms with Crippen molar-refractivity contribution in [1.29, 1.82) is 0 Å². The van der Waals surface area contributed by atoms with Crippen molar-refractivity contribution >= 4 is 56.4 Å². The Morgan fingerprint density at radius 3 is 2.86 bits per heavy atom. The fourth-order valence-electron chi connectivity index (χ4n) is 0.859. The maximum absolute atomic E-state index is 5.90. The smallest absolute Gasteiger partial charge is 0.0593 e. The first kappa shape index (κ1) is 12.2. The van der Waals surface area contributed by atoms with E-state index in [0.717, 1.165) is 10.2 Å². The van der Waals surface area contributed by atoms with Gasteiger partial charge in [-0.2, -0.15) is 0 Å². The van der Waals surface area contributed by atoms with Crippen molar-refractivity contribution in [3.63, 3.8) is 0 Å². The minimum absolute atomic E-state index is 0.476. The number of hydrogen-bond donors (Lipinski definition) is 1. The van der Waals surface area contributed by atoms with Gasteiger partial charge in [-0.1, -0.05) is 40.9 Å². The molecule has 1 rings (SSSR count). The molecule has 76 valence electrons. The maximum atomic E-state index is 5.90. The van der Waals surface area contributed by atoms with Gasteiger partial charge in [0.2, 0.25) is 0 Å². The van der Waals surface area contributed by atoms with E-state index >= 15 is 0 Å². The highest BCUT2D eigenvalue weighted by molar-refractivity contribution is 9.10. The molecule has 1 nitrogen and oxygen atoms in total. The minimum Gasteiger partial charge on any atom is -0.379 e. The van der Waals surface area contributed by atoms with Gasteiger partial charge in [-0.15, -0.1) is 0 Å². The van der Waals surface area contributed by atoms with Crippen LogP contribution in [0.4, 0.5) is 5.69 Å². The number of halogens is 4. The molecule has 14 heavy (non-hydrogen) atoms. The summed E-state index contributed by atoms with van der Waals surface area (Å²) in [6, 6.07) is 5.55. The topological polar surface area (TPSA) is 12.0 Å². The zero-order valence-corrected chi connectivity index (χ0v) is 10.9. The molecule has 5 heteroatoms. The lowest BCUT2D eigenvalue weighted by Gasteiger charge is -2.08. The highest BCUT2D eigenvalue weighted by atomic mass is 79.9. The molecule has 0 aromatic heterocycles. The zero-order chi connectivity index (χ0) is 10.6. The van der Waals surface area contributed by atoms with Crippen LogP contribution in [0, 0.1) is 0 Å². The SMILES string of the molecule is ClC=C(Cl)CNc1cccc(Cl)c1Br. The third-order valence-electron chi connectivity index (χ3n) is 1.52. The van der Waals surface area contributed by atoms with Crippen LogP contribution in [0.15, 0.2) is 33.2 Å². The Bertz CT molecular complexity index is 352. The summed E-state index contributed by atoms with van der Waals surface area (Å²) in [6.07, 6.45) is 0. The molecule has 0 saturated heterocycles. The first-order valence-corrected chi connectivity index (χ1v) is 5.76. The fourth-order valence-corrected chi connectivity index (χ4v) is 1.58. The molecule has 0 radical (unpaired) electrons. The van der Waals surface area contributed by atoms with E-state index in [4.69, 9.17) is 34.8 Å². The van der Waals surface area contributed by atoms with E-state index in [1.165, 1.54) is 5.54 Å². The number of hydrogen-bond acceptors (Lipinski definition) is 1. The van der Waals surface area contributed by atoms with E-state index in [1.807, 2.05) is 12.1 Å². The molecule has 1 aromatic rings. The van der Waals surface area contributed by atoms with Crippen LogP contribution in [-0.2, 0) is 0 Å². The van der Waals surface area contributed by atoms with E-state index < -0.39 is 0 Å². The van der Waals surface area contributed by atoms with Crippen LogP contribution in [0.3, 0.4) is 0 Å². The average molecular weight is 315 g/mol. The molecular weight excluding hydrogens is 308 g/mol. The van der Waals surface area contributed by atoms with Crippen LogP contribution >= 0.6 is 50.7 Å². The predicted molar refractivity (Wildman–Crippen MR) is 67.4 cm³/mol. The van der Waals surface area contributed by atoms with Gasteiger partial charge in [0.05, 0.1) is 21.7 Å². The molecule has 0 bridgehead atoms. The third kappa shape index (κ3) is 3.35. The Labute approximate surface area is 106 Å². The van der Waals surface area contributed by atoms with Crippen molar-refractivity contribution < 1.29 is 0 Å². The van der Waals surface area contributed by atoms with Crippen LogP contribution < -0.4 is 5.32 Å². The normalized spacial score (nSPS) is 11.6. The summed E-state index contributed by atoms with van der Waals surface area (Å²) in [7, 11) is 0. The van der Waals surface area contributed by atoms with Gasteiger partial charge >= 0.3 is 0 Å². The molecule has 0 amide bonds. The van der Waals surface area contributed by atoms with Crippen molar-refractivity contribution in [2.24, 2.45) is 0 Å². The summed E-state index contributed by atoms with van der Waals surface area (Å²) in [5.41, 5.74) is 2.21. The molecule has 0 aliphatic carbocycles. The third-order valence-corrected chi connectivity index (χ3v) is 3.53. The van der Waals surface area contributed by atoms with E-state index in [1.54, 1.807) is 6.07 Å². The predicted octanol–water partition coefficient (Wildman–Crippen LogP) is 4.83. The monoisotopic (exact) mass is 313 g/mol. The summed E-state index contributed by atoms with van der Waals surface area (Å²) in [5.74, 6) is 0. The first-order valence-electron chi connectivity index (χ1n) is 3.77. The average Bonchev–Trinajstić information content (AvgIpc) is 2.20. The maximum Gasteiger partial charge on any atom is 0.0593 e. The second kappa shape index (κ2) is 5.86. The largest absolute Gasteiger partial charge is 0.379 e. The standard InChI is InChI=1S/C9H7BrCl3N/c10-9-7(13)2-1-3-8(9)14-5-6(12)4-11/h1-4,14H,5H2. The molecule has 0 saturated carbocycles. The Morgan fingerprint density at radius 2 is 2.21 bits per heavy atom.